The second-order valence-corrected chi connectivity index (χ2v) is 8.06. The van der Waals surface area contributed by atoms with Crippen LogP contribution in [0.15, 0.2) is 29.6 Å². The molecular weight excluding hydrogens is 310 g/mol. The summed E-state index contributed by atoms with van der Waals surface area (Å²) in [6, 6.07) is 8.14. The van der Waals surface area contributed by atoms with Gasteiger partial charge in [0.1, 0.15) is 5.60 Å². The van der Waals surface area contributed by atoms with Gasteiger partial charge < -0.3 is 14.7 Å². The lowest BCUT2D eigenvalue weighted by Gasteiger charge is -2.38. The van der Waals surface area contributed by atoms with Crippen LogP contribution in [-0.4, -0.2) is 34.8 Å². The first kappa shape index (κ1) is 16.3. The lowest BCUT2D eigenvalue weighted by atomic mass is 9.84. The first-order valence-corrected chi connectivity index (χ1v) is 8.83. The van der Waals surface area contributed by atoms with Gasteiger partial charge in [-0.1, -0.05) is 18.2 Å². The summed E-state index contributed by atoms with van der Waals surface area (Å²) in [6.45, 7) is 6.61. The maximum Gasteiger partial charge on any atom is 0.410 e. The van der Waals surface area contributed by atoms with E-state index in [0.717, 1.165) is 10.9 Å². The fourth-order valence-corrected chi connectivity index (χ4v) is 4.05. The summed E-state index contributed by atoms with van der Waals surface area (Å²) >= 11 is 1.66. The largest absolute Gasteiger partial charge is 0.444 e. The van der Waals surface area contributed by atoms with E-state index in [-0.39, 0.29) is 6.09 Å². The summed E-state index contributed by atoms with van der Waals surface area (Å²) < 4.78 is 6.60. The first-order chi connectivity index (χ1) is 10.8. The molecule has 1 aromatic carbocycles. The van der Waals surface area contributed by atoms with Crippen molar-refractivity contribution in [3.63, 3.8) is 0 Å². The molecule has 0 atom stereocenters. The van der Waals surface area contributed by atoms with E-state index >= 15 is 0 Å². The Balaban J connectivity index is 1.74. The van der Waals surface area contributed by atoms with E-state index in [1.165, 1.54) is 4.70 Å². The van der Waals surface area contributed by atoms with Crippen LogP contribution in [0.3, 0.4) is 0 Å². The van der Waals surface area contributed by atoms with Crippen molar-refractivity contribution in [2.45, 2.75) is 44.8 Å². The van der Waals surface area contributed by atoms with Gasteiger partial charge in [0.15, 0.2) is 0 Å². The van der Waals surface area contributed by atoms with Crippen LogP contribution >= 0.6 is 11.3 Å². The van der Waals surface area contributed by atoms with E-state index in [9.17, 15) is 9.90 Å². The maximum atomic E-state index is 12.1. The molecule has 1 aromatic heterocycles. The van der Waals surface area contributed by atoms with Gasteiger partial charge in [0.2, 0.25) is 0 Å². The molecule has 4 nitrogen and oxygen atoms in total. The van der Waals surface area contributed by atoms with E-state index in [1.807, 2.05) is 38.3 Å². The van der Waals surface area contributed by atoms with Gasteiger partial charge in [-0.25, -0.2) is 4.79 Å². The highest BCUT2D eigenvalue weighted by Crippen LogP contribution is 2.39. The molecule has 1 N–H and O–H groups in total. The summed E-state index contributed by atoms with van der Waals surface area (Å²) in [5, 5.41) is 14.3. The highest BCUT2D eigenvalue weighted by Gasteiger charge is 2.38. The number of piperidine rings is 1. The van der Waals surface area contributed by atoms with E-state index in [0.29, 0.717) is 25.9 Å². The van der Waals surface area contributed by atoms with Gasteiger partial charge in [0, 0.05) is 23.4 Å². The molecule has 23 heavy (non-hydrogen) atoms. The van der Waals surface area contributed by atoms with Crippen molar-refractivity contribution >= 4 is 27.5 Å². The van der Waals surface area contributed by atoms with Crippen LogP contribution in [0.1, 0.15) is 39.2 Å². The minimum absolute atomic E-state index is 0.297. The van der Waals surface area contributed by atoms with Gasteiger partial charge >= 0.3 is 6.09 Å². The quantitative estimate of drug-likeness (QED) is 0.854. The number of hydrogen-bond donors (Lipinski definition) is 1. The topological polar surface area (TPSA) is 49.8 Å². The molecule has 1 aliphatic heterocycles. The van der Waals surface area contributed by atoms with Crippen molar-refractivity contribution in [2.75, 3.05) is 13.1 Å². The lowest BCUT2D eigenvalue weighted by Crippen LogP contribution is -2.46. The Morgan fingerprint density at radius 3 is 2.57 bits per heavy atom. The maximum absolute atomic E-state index is 12.1. The zero-order chi connectivity index (χ0) is 16.7. The number of likely N-dealkylation sites (tertiary alicyclic amines) is 1. The molecule has 124 valence electrons. The minimum atomic E-state index is -0.863. The van der Waals surface area contributed by atoms with Gasteiger partial charge in [-0.05, 0) is 50.4 Å². The smallest absolute Gasteiger partial charge is 0.410 e. The molecule has 0 radical (unpaired) electrons. The number of benzene rings is 1. The second-order valence-electron chi connectivity index (χ2n) is 7.14. The minimum Gasteiger partial charge on any atom is -0.444 e. The van der Waals surface area contributed by atoms with Crippen LogP contribution in [-0.2, 0) is 10.3 Å². The van der Waals surface area contributed by atoms with Gasteiger partial charge in [-0.2, -0.15) is 0 Å². The number of hydrogen-bond acceptors (Lipinski definition) is 4. The normalized spacial score (nSPS) is 18.2. The molecule has 1 saturated heterocycles. The molecule has 5 heteroatoms. The van der Waals surface area contributed by atoms with E-state index < -0.39 is 11.2 Å². The molecule has 3 rings (SSSR count). The molecule has 1 fully saturated rings. The highest BCUT2D eigenvalue weighted by atomic mass is 32.1. The zero-order valence-corrected chi connectivity index (χ0v) is 14.7. The molecule has 2 aromatic rings. The number of rotatable bonds is 1. The Kier molecular flexibility index (Phi) is 4.10. The summed E-state index contributed by atoms with van der Waals surface area (Å²) in [4.78, 5) is 13.8. The Morgan fingerprint density at radius 1 is 1.26 bits per heavy atom. The van der Waals surface area contributed by atoms with Gasteiger partial charge in [-0.3, -0.25) is 0 Å². The number of carbonyl (C=O) groups excluding carboxylic acids is 1. The number of carbonyl (C=O) groups is 1. The van der Waals surface area contributed by atoms with Crippen LogP contribution in [0, 0.1) is 0 Å². The van der Waals surface area contributed by atoms with E-state index in [4.69, 9.17) is 4.74 Å². The molecule has 0 unspecified atom stereocenters. The third-order valence-corrected chi connectivity index (χ3v) is 5.19. The van der Waals surface area contributed by atoms with Crippen LogP contribution in [0.4, 0.5) is 4.79 Å². The van der Waals surface area contributed by atoms with Gasteiger partial charge in [0.05, 0.1) is 5.60 Å². The summed E-state index contributed by atoms with van der Waals surface area (Å²) in [5.41, 5.74) is -0.367. The monoisotopic (exact) mass is 333 g/mol. The van der Waals surface area contributed by atoms with Crippen LogP contribution < -0.4 is 0 Å². The molecule has 1 amide bonds. The first-order valence-electron chi connectivity index (χ1n) is 7.96. The Labute approximate surface area is 140 Å². The molecule has 2 heterocycles. The van der Waals surface area contributed by atoms with Crippen molar-refractivity contribution in [2.24, 2.45) is 0 Å². The number of thiophene rings is 1. The van der Waals surface area contributed by atoms with Crippen molar-refractivity contribution in [3.8, 4) is 0 Å². The number of ether oxygens (including phenoxy) is 1. The third kappa shape index (κ3) is 3.35. The summed E-state index contributed by atoms with van der Waals surface area (Å²) in [5.74, 6) is 0. The lowest BCUT2D eigenvalue weighted by molar-refractivity contribution is -0.0345. The average molecular weight is 333 g/mol. The van der Waals surface area contributed by atoms with Crippen LogP contribution in [0.5, 0.6) is 0 Å². The van der Waals surface area contributed by atoms with E-state index in [2.05, 4.69) is 12.1 Å². The Morgan fingerprint density at radius 2 is 1.91 bits per heavy atom. The van der Waals surface area contributed by atoms with Crippen molar-refractivity contribution in [1.82, 2.24) is 4.90 Å². The predicted molar refractivity (Wildman–Crippen MR) is 92.8 cm³/mol. The van der Waals surface area contributed by atoms with Gasteiger partial charge in [-0.15, -0.1) is 11.3 Å². The molecule has 0 spiro atoms. The SMILES string of the molecule is CC(C)(C)OC(=O)N1CCC(O)(c2csc3ccccc23)CC1. The number of aliphatic hydroxyl groups is 1. The van der Waals surface area contributed by atoms with Crippen molar-refractivity contribution in [3.05, 3.63) is 35.2 Å². The third-order valence-electron chi connectivity index (χ3n) is 4.22. The fraction of sp³-hybridized carbons (Fsp3) is 0.500. The predicted octanol–water partition coefficient (Wildman–Crippen LogP) is 4.12. The van der Waals surface area contributed by atoms with Gasteiger partial charge in [0.25, 0.3) is 0 Å². The summed E-state index contributed by atoms with van der Waals surface area (Å²) in [6.07, 6.45) is 0.773. The number of fused-ring (bicyclic) bond motifs is 1. The van der Waals surface area contributed by atoms with Crippen molar-refractivity contribution < 1.29 is 14.6 Å². The van der Waals surface area contributed by atoms with Crippen LogP contribution in [0.2, 0.25) is 0 Å². The second kappa shape index (κ2) is 5.80. The molecular formula is C18H23NO3S. The average Bonchev–Trinajstić information content (AvgIpc) is 2.90. The molecule has 0 bridgehead atoms. The molecule has 0 aliphatic carbocycles. The number of nitrogens with zero attached hydrogens (tertiary/aromatic N) is 1. The molecule has 0 saturated carbocycles. The zero-order valence-electron chi connectivity index (χ0n) is 13.8. The Hall–Kier alpha value is -1.59. The van der Waals surface area contributed by atoms with Crippen molar-refractivity contribution in [1.29, 1.82) is 0 Å². The van der Waals surface area contributed by atoms with E-state index in [1.54, 1.807) is 16.2 Å². The fourth-order valence-electron chi connectivity index (χ4n) is 2.99. The molecule has 1 aliphatic rings. The standard InChI is InChI=1S/C18H23NO3S/c1-17(2,3)22-16(20)19-10-8-18(21,9-11-19)14-12-23-15-7-5-4-6-13(14)15/h4-7,12,21H,8-11H2,1-3H3. The highest BCUT2D eigenvalue weighted by molar-refractivity contribution is 7.17. The van der Waals surface area contributed by atoms with Crippen LogP contribution in [0.25, 0.3) is 10.1 Å². The summed E-state index contributed by atoms with van der Waals surface area (Å²) in [7, 11) is 0. The number of amides is 1. The Bertz CT molecular complexity index is 708.